The second-order valence-corrected chi connectivity index (χ2v) is 7.82. The van der Waals surface area contributed by atoms with Crippen molar-refractivity contribution < 1.29 is 28.1 Å². The van der Waals surface area contributed by atoms with Crippen molar-refractivity contribution in [2.75, 3.05) is 6.61 Å². The molecule has 1 fully saturated rings. The smallest absolute Gasteiger partial charge is 0.200 e. The van der Waals surface area contributed by atoms with Gasteiger partial charge in [0.15, 0.2) is 11.6 Å². The normalized spacial score (nSPS) is 20.4. The second-order valence-electron chi connectivity index (χ2n) is 7.82. The third kappa shape index (κ3) is 5.04. The highest BCUT2D eigenvalue weighted by Crippen LogP contribution is 2.38. The Morgan fingerprint density at radius 1 is 1.03 bits per heavy atom. The summed E-state index contributed by atoms with van der Waals surface area (Å²) < 4.78 is 47.6. The zero-order valence-corrected chi connectivity index (χ0v) is 16.5. The van der Waals surface area contributed by atoms with Gasteiger partial charge in [0.25, 0.3) is 0 Å². The number of rotatable bonds is 7. The summed E-state index contributed by atoms with van der Waals surface area (Å²) in [5.41, 5.74) is 0.589. The Bertz CT molecular complexity index is 832. The molecule has 0 amide bonds. The molecule has 0 spiro atoms. The molecule has 2 aromatic carbocycles. The molecule has 0 heterocycles. The molecule has 6 heteroatoms. The lowest BCUT2D eigenvalue weighted by Crippen LogP contribution is -2.20. The molecule has 0 aromatic heterocycles. The molecule has 1 unspecified atom stereocenters. The van der Waals surface area contributed by atoms with E-state index in [1.165, 1.54) is 18.2 Å². The maximum Gasteiger partial charge on any atom is 0.200 e. The molecule has 29 heavy (non-hydrogen) atoms. The van der Waals surface area contributed by atoms with E-state index in [0.29, 0.717) is 37.2 Å². The van der Waals surface area contributed by atoms with E-state index in [1.807, 2.05) is 6.92 Å². The quantitative estimate of drug-likeness (QED) is 0.591. The Kier molecular flexibility index (Phi) is 7.06. The largest absolute Gasteiger partial charge is 0.505 e. The van der Waals surface area contributed by atoms with Crippen molar-refractivity contribution >= 4 is 0 Å². The van der Waals surface area contributed by atoms with Gasteiger partial charge in [-0.1, -0.05) is 19.4 Å². The van der Waals surface area contributed by atoms with Crippen LogP contribution in [0.15, 0.2) is 30.3 Å². The molecule has 1 aliphatic rings. The third-order valence-corrected chi connectivity index (χ3v) is 5.76. The fraction of sp³-hybridized carbons (Fsp3) is 0.478. The number of ether oxygens (including phenoxy) is 1. The van der Waals surface area contributed by atoms with Crippen molar-refractivity contribution in [2.24, 2.45) is 5.92 Å². The first-order valence-corrected chi connectivity index (χ1v) is 10.2. The van der Waals surface area contributed by atoms with Crippen molar-refractivity contribution in [2.45, 2.75) is 57.5 Å². The number of aliphatic hydroxyl groups is 1. The lowest BCUT2D eigenvalue weighted by Gasteiger charge is -2.29. The maximum absolute atomic E-state index is 14.2. The van der Waals surface area contributed by atoms with Crippen LogP contribution in [0.3, 0.4) is 0 Å². The lowest BCUT2D eigenvalue weighted by molar-refractivity contribution is 0.161. The molecule has 1 aliphatic carbocycles. The number of aliphatic hydroxyl groups excluding tert-OH is 1. The summed E-state index contributed by atoms with van der Waals surface area (Å²) in [6.45, 7) is 2.36. The first-order valence-electron chi connectivity index (χ1n) is 10.2. The number of phenols is 1. The number of aromatic hydroxyl groups is 1. The van der Waals surface area contributed by atoms with E-state index in [1.54, 1.807) is 12.1 Å². The van der Waals surface area contributed by atoms with Crippen molar-refractivity contribution in [3.05, 3.63) is 58.9 Å². The zero-order chi connectivity index (χ0) is 21.0. The molecule has 0 radical (unpaired) electrons. The first kappa shape index (κ1) is 21.5. The van der Waals surface area contributed by atoms with Gasteiger partial charge in [0, 0.05) is 11.6 Å². The fourth-order valence-corrected chi connectivity index (χ4v) is 4.02. The van der Waals surface area contributed by atoms with Crippen molar-refractivity contribution in [3.63, 3.8) is 0 Å². The van der Waals surface area contributed by atoms with Crippen molar-refractivity contribution in [1.82, 2.24) is 0 Å². The molecule has 3 nitrogen and oxygen atoms in total. The Morgan fingerprint density at radius 2 is 1.76 bits per heavy atom. The standard InChI is InChI=1S/C23H27F3O3/c1-2-3-20(27)18-9-8-16(12-19(18)24)29-13-14-4-6-15(7-5-14)17-10-11-21(28)23(26)22(17)25/h8-12,14-15,20,27-28H,2-7,13H2,1H3. The van der Waals surface area contributed by atoms with Crippen molar-refractivity contribution in [3.8, 4) is 11.5 Å². The minimum atomic E-state index is -1.19. The number of halogens is 3. The summed E-state index contributed by atoms with van der Waals surface area (Å²) in [6.07, 6.45) is 3.45. The van der Waals surface area contributed by atoms with Crippen molar-refractivity contribution in [1.29, 1.82) is 0 Å². The number of hydrogen-bond donors (Lipinski definition) is 2. The van der Waals surface area contributed by atoms with Crippen LogP contribution in [-0.4, -0.2) is 16.8 Å². The molecular weight excluding hydrogens is 381 g/mol. The molecule has 0 bridgehead atoms. The van der Waals surface area contributed by atoms with Crippen LogP contribution in [0.5, 0.6) is 11.5 Å². The molecule has 158 valence electrons. The van der Waals surface area contributed by atoms with Crippen LogP contribution in [-0.2, 0) is 0 Å². The maximum atomic E-state index is 14.2. The van der Waals surface area contributed by atoms with Gasteiger partial charge in [-0.2, -0.15) is 4.39 Å². The minimum absolute atomic E-state index is 0.0851. The van der Waals surface area contributed by atoms with Crippen LogP contribution < -0.4 is 4.74 Å². The summed E-state index contributed by atoms with van der Waals surface area (Å²) in [4.78, 5) is 0. The van der Waals surface area contributed by atoms with Gasteiger partial charge in [0.05, 0.1) is 12.7 Å². The molecule has 2 N–H and O–H groups in total. The Labute approximate surface area is 169 Å². The van der Waals surface area contributed by atoms with E-state index in [4.69, 9.17) is 4.74 Å². The van der Waals surface area contributed by atoms with E-state index in [0.717, 1.165) is 19.3 Å². The SMILES string of the molecule is CCCC(O)c1ccc(OCC2CCC(c3ccc(O)c(F)c3F)CC2)cc1F. The van der Waals surface area contributed by atoms with Gasteiger partial charge in [-0.05, 0) is 67.7 Å². The molecular formula is C23H27F3O3. The number of phenolic OH excluding ortho intramolecular Hbond substituents is 1. The average molecular weight is 408 g/mol. The van der Waals surface area contributed by atoms with E-state index < -0.39 is 29.3 Å². The summed E-state index contributed by atoms with van der Waals surface area (Å²) in [7, 11) is 0. The lowest BCUT2D eigenvalue weighted by atomic mass is 9.79. The highest BCUT2D eigenvalue weighted by molar-refractivity contribution is 5.32. The second kappa shape index (κ2) is 9.53. The zero-order valence-electron chi connectivity index (χ0n) is 16.5. The van der Waals surface area contributed by atoms with Crippen LogP contribution >= 0.6 is 0 Å². The van der Waals surface area contributed by atoms with E-state index in [-0.39, 0.29) is 17.4 Å². The average Bonchev–Trinajstić information content (AvgIpc) is 2.71. The fourth-order valence-electron chi connectivity index (χ4n) is 4.02. The van der Waals surface area contributed by atoms with Gasteiger partial charge in [0.1, 0.15) is 11.6 Å². The number of hydrogen-bond acceptors (Lipinski definition) is 3. The van der Waals surface area contributed by atoms with Gasteiger partial charge in [-0.15, -0.1) is 0 Å². The predicted molar refractivity (Wildman–Crippen MR) is 104 cm³/mol. The molecule has 3 rings (SSSR count). The van der Waals surface area contributed by atoms with Crippen LogP contribution in [0, 0.1) is 23.4 Å². The summed E-state index contributed by atoms with van der Waals surface area (Å²) in [5.74, 6) is -2.72. The van der Waals surface area contributed by atoms with E-state index >= 15 is 0 Å². The van der Waals surface area contributed by atoms with Crippen LogP contribution in [0.2, 0.25) is 0 Å². The highest BCUT2D eigenvalue weighted by Gasteiger charge is 2.26. The molecule has 0 saturated heterocycles. The van der Waals surface area contributed by atoms with Gasteiger partial charge in [-0.25, -0.2) is 8.78 Å². The number of benzene rings is 2. The van der Waals surface area contributed by atoms with Crippen LogP contribution in [0.4, 0.5) is 13.2 Å². The minimum Gasteiger partial charge on any atom is -0.505 e. The third-order valence-electron chi connectivity index (χ3n) is 5.76. The Balaban J connectivity index is 1.53. The van der Waals surface area contributed by atoms with Gasteiger partial charge in [-0.3, -0.25) is 0 Å². The van der Waals surface area contributed by atoms with Gasteiger partial charge >= 0.3 is 0 Å². The summed E-state index contributed by atoms with van der Waals surface area (Å²) in [6, 6.07) is 7.17. The predicted octanol–water partition coefficient (Wildman–Crippen LogP) is 6.00. The molecule has 0 aliphatic heterocycles. The first-order chi connectivity index (χ1) is 13.9. The topological polar surface area (TPSA) is 49.7 Å². The summed E-state index contributed by atoms with van der Waals surface area (Å²) in [5, 5.41) is 19.2. The Morgan fingerprint density at radius 3 is 2.41 bits per heavy atom. The van der Waals surface area contributed by atoms with Crippen LogP contribution in [0.1, 0.15) is 68.6 Å². The molecule has 1 saturated carbocycles. The summed E-state index contributed by atoms with van der Waals surface area (Å²) >= 11 is 0. The highest BCUT2D eigenvalue weighted by atomic mass is 19.2. The monoisotopic (exact) mass is 408 g/mol. The molecule has 2 aromatic rings. The van der Waals surface area contributed by atoms with Crippen LogP contribution in [0.25, 0.3) is 0 Å². The van der Waals surface area contributed by atoms with Gasteiger partial charge in [0.2, 0.25) is 5.82 Å². The van der Waals surface area contributed by atoms with Gasteiger partial charge < -0.3 is 14.9 Å². The Hall–Kier alpha value is -2.21. The molecule has 1 atom stereocenters. The van der Waals surface area contributed by atoms with E-state index in [9.17, 15) is 23.4 Å². The van der Waals surface area contributed by atoms with E-state index in [2.05, 4.69) is 0 Å².